The minimum Gasteiger partial charge on any atom is -0.364 e. The summed E-state index contributed by atoms with van der Waals surface area (Å²) >= 11 is 0. The van der Waals surface area contributed by atoms with Crippen LogP contribution in [0, 0.1) is 0 Å². The zero-order valence-corrected chi connectivity index (χ0v) is 6.89. The van der Waals surface area contributed by atoms with Gasteiger partial charge in [0.05, 0.1) is 0 Å². The van der Waals surface area contributed by atoms with Crippen LogP contribution in [0.2, 0.25) is 0 Å². The van der Waals surface area contributed by atoms with Crippen LogP contribution < -0.4 is 0 Å². The second-order valence-corrected chi connectivity index (χ2v) is 2.84. The maximum Gasteiger partial charge on any atom is 0.215 e. The van der Waals surface area contributed by atoms with Crippen molar-refractivity contribution in [3.05, 3.63) is 0 Å². The van der Waals surface area contributed by atoms with Crippen molar-refractivity contribution >= 4 is 0 Å². The fourth-order valence-electron chi connectivity index (χ4n) is 1.14. The van der Waals surface area contributed by atoms with Crippen molar-refractivity contribution in [3.8, 4) is 0 Å². The summed E-state index contributed by atoms with van der Waals surface area (Å²) in [5, 5.41) is 36.0. The van der Waals surface area contributed by atoms with Gasteiger partial charge in [0, 0.05) is 0 Å². The molecule has 8 nitrogen and oxygen atoms in total. The lowest BCUT2D eigenvalue weighted by Crippen LogP contribution is -2.58. The van der Waals surface area contributed by atoms with E-state index >= 15 is 0 Å². The van der Waals surface area contributed by atoms with Gasteiger partial charge >= 0.3 is 0 Å². The molecule has 0 unspecified atom stereocenters. The molecule has 0 aromatic heterocycles. The number of rotatable bonds is 0. The molecule has 0 saturated carbocycles. The van der Waals surface area contributed by atoms with Gasteiger partial charge in [0.1, 0.15) is 0 Å². The van der Waals surface area contributed by atoms with Crippen molar-refractivity contribution in [2.75, 3.05) is 0 Å². The van der Waals surface area contributed by atoms with Crippen molar-refractivity contribution in [2.24, 2.45) is 0 Å². The second-order valence-electron chi connectivity index (χ2n) is 2.84. The minimum absolute atomic E-state index is 1.19. The van der Waals surface area contributed by atoms with E-state index in [0.29, 0.717) is 0 Å². The van der Waals surface area contributed by atoms with E-state index in [1.165, 1.54) is 0 Å². The Morgan fingerprint density at radius 2 is 0.714 bits per heavy atom. The van der Waals surface area contributed by atoms with Crippen molar-refractivity contribution in [3.63, 3.8) is 0 Å². The number of ether oxygens (including phenoxy) is 4. The van der Waals surface area contributed by atoms with Gasteiger partial charge in [-0.15, -0.1) is 0 Å². The number of fused-ring (bicyclic) bond motifs is 1. The Labute approximate surface area is 78.2 Å². The summed E-state index contributed by atoms with van der Waals surface area (Å²) in [7, 11) is 0. The number of aliphatic hydroxyl groups excluding tert-OH is 4. The van der Waals surface area contributed by atoms with Crippen LogP contribution in [0.5, 0.6) is 0 Å². The molecular formula is C6H10O8. The van der Waals surface area contributed by atoms with Crippen molar-refractivity contribution in [1.82, 2.24) is 0 Å². The Bertz CT molecular complexity index is 168. The molecule has 0 spiro atoms. The van der Waals surface area contributed by atoms with E-state index in [2.05, 4.69) is 18.9 Å². The molecule has 8 heteroatoms. The number of hydrogen-bond donors (Lipinski definition) is 4. The van der Waals surface area contributed by atoms with Crippen LogP contribution in [-0.4, -0.2) is 58.2 Å². The van der Waals surface area contributed by atoms with Gasteiger partial charge in [0.2, 0.25) is 37.7 Å². The standard InChI is InChI=1S/C6H10O8/c7-1-2(8)12-6-5(11-1)13-3(9)4(10)14-6/h1-10H/t1-,2+,3-,4+,5?,6?. The average molecular weight is 210 g/mol. The first-order chi connectivity index (χ1) is 6.58. The molecule has 0 amide bonds. The molecule has 0 aliphatic carbocycles. The number of aliphatic hydroxyl groups is 4. The Hall–Kier alpha value is -0.320. The first-order valence-electron chi connectivity index (χ1n) is 3.92. The first kappa shape index (κ1) is 10.2. The summed E-state index contributed by atoms with van der Waals surface area (Å²) in [6, 6.07) is 0. The summed E-state index contributed by atoms with van der Waals surface area (Å²) in [6.45, 7) is 0. The average Bonchev–Trinajstić information content (AvgIpc) is 2.11. The van der Waals surface area contributed by atoms with Crippen LogP contribution in [-0.2, 0) is 18.9 Å². The summed E-state index contributed by atoms with van der Waals surface area (Å²) in [6.07, 6.45) is -8.70. The molecule has 0 radical (unpaired) electrons. The van der Waals surface area contributed by atoms with Gasteiger partial charge in [0.15, 0.2) is 0 Å². The number of hydrogen-bond acceptors (Lipinski definition) is 8. The van der Waals surface area contributed by atoms with Crippen LogP contribution in [0.4, 0.5) is 0 Å². The fraction of sp³-hybridized carbons (Fsp3) is 1.00. The molecule has 0 aromatic carbocycles. The molecule has 2 saturated heterocycles. The Morgan fingerprint density at radius 1 is 0.500 bits per heavy atom. The first-order valence-corrected chi connectivity index (χ1v) is 3.92. The van der Waals surface area contributed by atoms with Crippen LogP contribution >= 0.6 is 0 Å². The van der Waals surface area contributed by atoms with E-state index in [1.54, 1.807) is 0 Å². The van der Waals surface area contributed by atoms with E-state index in [-0.39, 0.29) is 0 Å². The Balaban J connectivity index is 2.01. The highest BCUT2D eigenvalue weighted by molar-refractivity contribution is 4.68. The molecule has 82 valence electrons. The SMILES string of the molecule is O[C@@H]1OC2O[C@@H](O)[C@@H](O)OC2O[C@@H]1O. The third-order valence-electron chi connectivity index (χ3n) is 1.80. The maximum absolute atomic E-state index is 8.99. The van der Waals surface area contributed by atoms with Crippen LogP contribution in [0.3, 0.4) is 0 Å². The zero-order chi connectivity index (χ0) is 10.3. The van der Waals surface area contributed by atoms with Crippen molar-refractivity contribution in [1.29, 1.82) is 0 Å². The van der Waals surface area contributed by atoms with Crippen LogP contribution in [0.1, 0.15) is 0 Å². The molecule has 4 atom stereocenters. The van der Waals surface area contributed by atoms with Gasteiger partial charge < -0.3 is 39.4 Å². The van der Waals surface area contributed by atoms with Crippen molar-refractivity contribution in [2.45, 2.75) is 37.7 Å². The Morgan fingerprint density at radius 3 is 0.929 bits per heavy atom. The lowest BCUT2D eigenvalue weighted by Gasteiger charge is -2.42. The summed E-state index contributed by atoms with van der Waals surface area (Å²) in [5.41, 5.74) is 0. The van der Waals surface area contributed by atoms with E-state index < -0.39 is 37.7 Å². The zero-order valence-electron chi connectivity index (χ0n) is 6.89. The summed E-state index contributed by atoms with van der Waals surface area (Å²) in [4.78, 5) is 0. The molecule has 2 fully saturated rings. The van der Waals surface area contributed by atoms with E-state index in [1.807, 2.05) is 0 Å². The van der Waals surface area contributed by atoms with Gasteiger partial charge in [-0.25, -0.2) is 0 Å². The largest absolute Gasteiger partial charge is 0.364 e. The topological polar surface area (TPSA) is 118 Å². The quantitative estimate of drug-likeness (QED) is 0.334. The fourth-order valence-corrected chi connectivity index (χ4v) is 1.14. The van der Waals surface area contributed by atoms with Gasteiger partial charge in [-0.05, 0) is 0 Å². The smallest absolute Gasteiger partial charge is 0.215 e. The minimum atomic E-state index is -1.58. The third-order valence-corrected chi connectivity index (χ3v) is 1.80. The predicted octanol–water partition coefficient (Wildman–Crippen LogP) is -2.99. The van der Waals surface area contributed by atoms with E-state index in [4.69, 9.17) is 20.4 Å². The normalized spacial score (nSPS) is 54.0. The molecule has 2 aliphatic heterocycles. The highest BCUT2D eigenvalue weighted by atomic mass is 16.9. The molecule has 2 rings (SSSR count). The lowest BCUT2D eigenvalue weighted by atomic mass is 10.4. The molecular weight excluding hydrogens is 200 g/mol. The van der Waals surface area contributed by atoms with Gasteiger partial charge in [-0.1, -0.05) is 0 Å². The molecule has 2 aliphatic rings. The van der Waals surface area contributed by atoms with E-state index in [9.17, 15) is 0 Å². The molecule has 4 N–H and O–H groups in total. The molecule has 2 heterocycles. The molecule has 0 bridgehead atoms. The van der Waals surface area contributed by atoms with Gasteiger partial charge in [0.25, 0.3) is 0 Å². The van der Waals surface area contributed by atoms with Crippen molar-refractivity contribution < 1.29 is 39.4 Å². The summed E-state index contributed by atoms with van der Waals surface area (Å²) in [5.74, 6) is 0. The van der Waals surface area contributed by atoms with Crippen LogP contribution in [0.25, 0.3) is 0 Å². The maximum atomic E-state index is 8.99. The lowest BCUT2D eigenvalue weighted by molar-refractivity contribution is -0.494. The highest BCUT2D eigenvalue weighted by Gasteiger charge is 2.45. The van der Waals surface area contributed by atoms with Crippen LogP contribution in [0.15, 0.2) is 0 Å². The monoisotopic (exact) mass is 210 g/mol. The third kappa shape index (κ3) is 1.74. The van der Waals surface area contributed by atoms with E-state index in [0.717, 1.165) is 0 Å². The second kappa shape index (κ2) is 3.68. The Kier molecular flexibility index (Phi) is 2.68. The molecule has 14 heavy (non-hydrogen) atoms. The predicted molar refractivity (Wildman–Crippen MR) is 35.9 cm³/mol. The summed E-state index contributed by atoms with van der Waals surface area (Å²) < 4.78 is 18.7. The molecule has 0 aromatic rings. The van der Waals surface area contributed by atoms with Gasteiger partial charge in [-0.2, -0.15) is 0 Å². The highest BCUT2D eigenvalue weighted by Crippen LogP contribution is 2.26. The van der Waals surface area contributed by atoms with Gasteiger partial charge in [-0.3, -0.25) is 0 Å².